The van der Waals surface area contributed by atoms with Crippen molar-refractivity contribution in [3.63, 3.8) is 0 Å². The number of pyridine rings is 1. The Hall–Kier alpha value is -3.07. The number of carboxylic acids is 1. The molecule has 2 heterocycles. The summed E-state index contributed by atoms with van der Waals surface area (Å²) in [5.41, 5.74) is 6.15. The number of aromatic amines is 1. The molecule has 148 valence electrons. The van der Waals surface area contributed by atoms with Crippen molar-refractivity contribution < 1.29 is 23.5 Å². The van der Waals surface area contributed by atoms with Gasteiger partial charge in [-0.15, -0.1) is 0 Å². The SMILES string of the molecule is N[C@@H](CC(=O)N1CCc2[nH]c(=O)c(C(=O)O)cc2C1)Cc1cc(F)ccc1F. The van der Waals surface area contributed by atoms with Gasteiger partial charge in [0.15, 0.2) is 0 Å². The molecule has 0 saturated heterocycles. The maximum atomic E-state index is 13.7. The normalized spacial score (nSPS) is 14.5. The number of nitrogens with zero attached hydrogens (tertiary/aromatic N) is 1. The highest BCUT2D eigenvalue weighted by Crippen LogP contribution is 2.19. The van der Waals surface area contributed by atoms with E-state index in [4.69, 9.17) is 10.8 Å². The van der Waals surface area contributed by atoms with Crippen molar-refractivity contribution in [1.82, 2.24) is 9.88 Å². The second kappa shape index (κ2) is 7.89. The second-order valence-corrected chi connectivity index (χ2v) is 6.79. The molecule has 3 rings (SSSR count). The molecule has 1 atom stereocenters. The summed E-state index contributed by atoms with van der Waals surface area (Å²) >= 11 is 0. The molecule has 7 nitrogen and oxygen atoms in total. The fourth-order valence-electron chi connectivity index (χ4n) is 3.29. The van der Waals surface area contributed by atoms with Gasteiger partial charge in [0.05, 0.1) is 0 Å². The minimum absolute atomic E-state index is 0.0102. The van der Waals surface area contributed by atoms with Gasteiger partial charge in [-0.05, 0) is 41.8 Å². The number of aromatic carboxylic acids is 1. The van der Waals surface area contributed by atoms with Crippen LogP contribution >= 0.6 is 0 Å². The number of carbonyl (C=O) groups excluding carboxylic acids is 1. The number of benzene rings is 1. The zero-order valence-corrected chi connectivity index (χ0v) is 14.9. The van der Waals surface area contributed by atoms with Crippen LogP contribution in [0.3, 0.4) is 0 Å². The van der Waals surface area contributed by atoms with E-state index in [9.17, 15) is 23.2 Å². The van der Waals surface area contributed by atoms with Gasteiger partial charge in [-0.25, -0.2) is 13.6 Å². The van der Waals surface area contributed by atoms with Crippen LogP contribution in [-0.2, 0) is 24.2 Å². The first-order valence-electron chi connectivity index (χ1n) is 8.70. The van der Waals surface area contributed by atoms with Crippen LogP contribution in [0.2, 0.25) is 0 Å². The predicted molar refractivity (Wildman–Crippen MR) is 95.8 cm³/mol. The Kier molecular flexibility index (Phi) is 5.55. The standard InChI is InChI=1S/C19H19F2N3O4/c20-12-1-2-15(21)10(5-12)6-13(22)8-17(25)24-4-3-16-11(9-24)7-14(19(27)28)18(26)23-16/h1-2,5,7,13H,3-4,6,8-9,22H2,(H,23,26)(H,27,28)/t13-/m1/s1. The molecule has 1 aliphatic rings. The van der Waals surface area contributed by atoms with Crippen LogP contribution < -0.4 is 11.3 Å². The van der Waals surface area contributed by atoms with E-state index in [0.717, 1.165) is 18.2 Å². The summed E-state index contributed by atoms with van der Waals surface area (Å²) in [6.07, 6.45) is 0.320. The van der Waals surface area contributed by atoms with E-state index in [2.05, 4.69) is 4.98 Å². The maximum Gasteiger partial charge on any atom is 0.341 e. The van der Waals surface area contributed by atoms with Crippen LogP contribution in [0.1, 0.15) is 33.6 Å². The van der Waals surface area contributed by atoms with Crippen LogP contribution in [0, 0.1) is 11.6 Å². The number of rotatable bonds is 5. The largest absolute Gasteiger partial charge is 0.477 e. The molecule has 1 aromatic carbocycles. The van der Waals surface area contributed by atoms with Crippen LogP contribution in [-0.4, -0.2) is 39.5 Å². The number of hydrogen-bond donors (Lipinski definition) is 3. The van der Waals surface area contributed by atoms with Crippen LogP contribution in [0.5, 0.6) is 0 Å². The van der Waals surface area contributed by atoms with Crippen molar-refractivity contribution in [3.8, 4) is 0 Å². The van der Waals surface area contributed by atoms with Crippen molar-refractivity contribution in [2.75, 3.05) is 6.54 Å². The van der Waals surface area contributed by atoms with Gasteiger partial charge in [-0.3, -0.25) is 9.59 Å². The number of hydrogen-bond acceptors (Lipinski definition) is 4. The Balaban J connectivity index is 1.67. The molecule has 4 N–H and O–H groups in total. The zero-order valence-electron chi connectivity index (χ0n) is 14.9. The Morgan fingerprint density at radius 1 is 1.29 bits per heavy atom. The second-order valence-electron chi connectivity index (χ2n) is 6.79. The lowest BCUT2D eigenvalue weighted by atomic mass is 10.0. The molecule has 1 aliphatic heterocycles. The number of carbonyl (C=O) groups is 2. The molecule has 0 saturated carbocycles. The van der Waals surface area contributed by atoms with Crippen molar-refractivity contribution in [1.29, 1.82) is 0 Å². The van der Waals surface area contributed by atoms with Crippen molar-refractivity contribution >= 4 is 11.9 Å². The predicted octanol–water partition coefficient (Wildman–Crippen LogP) is 1.20. The molecule has 1 amide bonds. The highest BCUT2D eigenvalue weighted by atomic mass is 19.1. The summed E-state index contributed by atoms with van der Waals surface area (Å²) in [6.45, 7) is 0.488. The maximum absolute atomic E-state index is 13.7. The summed E-state index contributed by atoms with van der Waals surface area (Å²) in [6, 6.07) is 3.66. The molecule has 28 heavy (non-hydrogen) atoms. The van der Waals surface area contributed by atoms with Crippen molar-refractivity contribution in [2.24, 2.45) is 5.73 Å². The third kappa shape index (κ3) is 4.25. The minimum Gasteiger partial charge on any atom is -0.477 e. The molecule has 0 fully saturated rings. The van der Waals surface area contributed by atoms with Gasteiger partial charge in [0.25, 0.3) is 5.56 Å². The number of nitrogens with two attached hydrogens (primary N) is 1. The highest BCUT2D eigenvalue weighted by molar-refractivity contribution is 5.87. The molecule has 0 spiro atoms. The van der Waals surface area contributed by atoms with Gasteiger partial charge < -0.3 is 20.7 Å². The lowest BCUT2D eigenvalue weighted by molar-refractivity contribution is -0.132. The number of fused-ring (bicyclic) bond motifs is 1. The van der Waals surface area contributed by atoms with Gasteiger partial charge in [-0.2, -0.15) is 0 Å². The Labute approximate surface area is 158 Å². The smallest absolute Gasteiger partial charge is 0.341 e. The minimum atomic E-state index is -1.34. The van der Waals surface area contributed by atoms with Gasteiger partial charge in [0.2, 0.25) is 5.91 Å². The van der Waals surface area contributed by atoms with E-state index in [1.165, 1.54) is 11.0 Å². The molecule has 9 heteroatoms. The number of H-pyrrole nitrogens is 1. The Morgan fingerprint density at radius 2 is 2.04 bits per heavy atom. The van der Waals surface area contributed by atoms with Crippen molar-refractivity contribution in [3.05, 3.63) is 68.6 Å². The summed E-state index contributed by atoms with van der Waals surface area (Å²) in [5, 5.41) is 9.07. The third-order valence-electron chi connectivity index (χ3n) is 4.72. The average molecular weight is 391 g/mol. The number of aromatic nitrogens is 1. The summed E-state index contributed by atoms with van der Waals surface area (Å²) in [5.74, 6) is -2.78. The number of amides is 1. The van der Waals surface area contributed by atoms with E-state index in [-0.39, 0.29) is 36.4 Å². The average Bonchev–Trinajstić information content (AvgIpc) is 2.63. The lowest BCUT2D eigenvalue weighted by Crippen LogP contribution is -2.40. The van der Waals surface area contributed by atoms with Crippen LogP contribution in [0.25, 0.3) is 0 Å². The number of carboxylic acid groups (broad SMARTS) is 1. The molecule has 0 radical (unpaired) electrons. The monoisotopic (exact) mass is 391 g/mol. The molecule has 0 unspecified atom stereocenters. The molecule has 0 aliphatic carbocycles. The number of nitrogens with one attached hydrogen (secondary N) is 1. The van der Waals surface area contributed by atoms with E-state index in [1.807, 2.05) is 0 Å². The van der Waals surface area contributed by atoms with E-state index in [0.29, 0.717) is 24.2 Å². The fraction of sp³-hybridized carbons (Fsp3) is 0.316. The highest BCUT2D eigenvalue weighted by Gasteiger charge is 2.25. The van der Waals surface area contributed by atoms with Crippen LogP contribution in [0.4, 0.5) is 8.78 Å². The Bertz CT molecular complexity index is 990. The first-order chi connectivity index (χ1) is 13.2. The van der Waals surface area contributed by atoms with E-state index >= 15 is 0 Å². The van der Waals surface area contributed by atoms with Gasteiger partial charge in [0.1, 0.15) is 17.2 Å². The van der Waals surface area contributed by atoms with Gasteiger partial charge in [-0.1, -0.05) is 0 Å². The third-order valence-corrected chi connectivity index (χ3v) is 4.72. The number of halogens is 2. The summed E-state index contributed by atoms with van der Waals surface area (Å²) in [7, 11) is 0. The van der Waals surface area contributed by atoms with Gasteiger partial charge >= 0.3 is 5.97 Å². The van der Waals surface area contributed by atoms with Crippen LogP contribution in [0.15, 0.2) is 29.1 Å². The molecular formula is C19H19F2N3O4. The first-order valence-corrected chi connectivity index (χ1v) is 8.70. The van der Waals surface area contributed by atoms with E-state index < -0.39 is 29.2 Å². The quantitative estimate of drug-likeness (QED) is 0.708. The molecule has 1 aromatic heterocycles. The molecule has 0 bridgehead atoms. The van der Waals surface area contributed by atoms with Crippen molar-refractivity contribution in [2.45, 2.75) is 31.8 Å². The van der Waals surface area contributed by atoms with Gasteiger partial charge in [0, 0.05) is 37.7 Å². The fourth-order valence-corrected chi connectivity index (χ4v) is 3.29. The first kappa shape index (κ1) is 19.7. The topological polar surface area (TPSA) is 116 Å². The summed E-state index contributed by atoms with van der Waals surface area (Å²) in [4.78, 5) is 39.4. The Morgan fingerprint density at radius 3 is 2.75 bits per heavy atom. The zero-order chi connectivity index (χ0) is 20.4. The molecular weight excluding hydrogens is 372 g/mol. The lowest BCUT2D eigenvalue weighted by Gasteiger charge is -2.29. The van der Waals surface area contributed by atoms with E-state index in [1.54, 1.807) is 0 Å². The molecule has 2 aromatic rings. The summed E-state index contributed by atoms with van der Waals surface area (Å²) < 4.78 is 27.0.